The number of hydrazone groups is 1. The average Bonchev–Trinajstić information content (AvgIpc) is 2.97. The Bertz CT molecular complexity index is 793. The van der Waals surface area contributed by atoms with Crippen LogP contribution in [0.15, 0.2) is 34.7 Å². The van der Waals surface area contributed by atoms with E-state index in [1.807, 2.05) is 18.4 Å². The van der Waals surface area contributed by atoms with E-state index in [2.05, 4.69) is 15.8 Å². The number of aryl methyl sites for hydroxylation is 1. The van der Waals surface area contributed by atoms with E-state index in [1.54, 1.807) is 18.3 Å². The van der Waals surface area contributed by atoms with Crippen molar-refractivity contribution in [1.82, 2.24) is 10.7 Å². The zero-order chi connectivity index (χ0) is 18.2. The van der Waals surface area contributed by atoms with Gasteiger partial charge in [-0.1, -0.05) is 23.2 Å². The second-order valence-corrected chi connectivity index (χ2v) is 6.69. The highest BCUT2D eigenvalue weighted by molar-refractivity contribution is 7.11. The third-order valence-electron chi connectivity index (χ3n) is 2.97. The number of carbonyl (C=O) groups excluding carboxylic acids is 2. The molecule has 0 radical (unpaired) electrons. The maximum atomic E-state index is 11.7. The van der Waals surface area contributed by atoms with Gasteiger partial charge < -0.3 is 10.1 Å². The van der Waals surface area contributed by atoms with Crippen LogP contribution in [0.2, 0.25) is 10.0 Å². The molecule has 1 aromatic heterocycles. The van der Waals surface area contributed by atoms with Crippen LogP contribution in [0.25, 0.3) is 0 Å². The van der Waals surface area contributed by atoms with Gasteiger partial charge in [0.25, 0.3) is 11.8 Å². The van der Waals surface area contributed by atoms with Crippen molar-refractivity contribution in [2.75, 3.05) is 13.2 Å². The summed E-state index contributed by atoms with van der Waals surface area (Å²) in [6.07, 6.45) is 1.56. The van der Waals surface area contributed by atoms with Crippen LogP contribution in [0.1, 0.15) is 10.4 Å². The molecule has 0 bridgehead atoms. The van der Waals surface area contributed by atoms with Gasteiger partial charge in [-0.15, -0.1) is 11.3 Å². The van der Waals surface area contributed by atoms with Crippen molar-refractivity contribution in [1.29, 1.82) is 0 Å². The molecule has 6 nitrogen and oxygen atoms in total. The Labute approximate surface area is 158 Å². The number of hydrogen-bond acceptors (Lipinski definition) is 5. The number of halogens is 2. The van der Waals surface area contributed by atoms with E-state index in [1.165, 1.54) is 17.4 Å². The van der Waals surface area contributed by atoms with Crippen LogP contribution in [0.4, 0.5) is 0 Å². The lowest BCUT2D eigenvalue weighted by Gasteiger charge is -2.08. The summed E-state index contributed by atoms with van der Waals surface area (Å²) in [6.45, 7) is 1.47. The molecule has 2 N–H and O–H groups in total. The van der Waals surface area contributed by atoms with E-state index in [9.17, 15) is 9.59 Å². The number of nitrogens with one attached hydrogen (secondary N) is 2. The van der Waals surface area contributed by atoms with Crippen LogP contribution in [0.3, 0.4) is 0 Å². The molecule has 0 unspecified atom stereocenters. The third kappa shape index (κ3) is 6.38. The largest absolute Gasteiger partial charge is 0.482 e. The Morgan fingerprint density at radius 3 is 2.76 bits per heavy atom. The first-order valence-electron chi connectivity index (χ1n) is 7.16. The van der Waals surface area contributed by atoms with E-state index in [-0.39, 0.29) is 13.2 Å². The van der Waals surface area contributed by atoms with Gasteiger partial charge in [-0.2, -0.15) is 5.10 Å². The summed E-state index contributed by atoms with van der Waals surface area (Å²) in [5.41, 5.74) is 3.42. The van der Waals surface area contributed by atoms with Crippen LogP contribution >= 0.6 is 34.5 Å². The minimum atomic E-state index is -0.459. The van der Waals surface area contributed by atoms with Gasteiger partial charge in [0.15, 0.2) is 6.61 Å². The van der Waals surface area contributed by atoms with Crippen molar-refractivity contribution < 1.29 is 14.3 Å². The summed E-state index contributed by atoms with van der Waals surface area (Å²) in [5, 5.41) is 8.97. The smallest absolute Gasteiger partial charge is 0.259 e. The molecule has 9 heteroatoms. The Kier molecular flexibility index (Phi) is 7.24. The SMILES string of the molecule is Cc1ccsc1/C=N\NC(=O)CNC(=O)COc1ccc(Cl)cc1Cl. The molecule has 0 fully saturated rings. The van der Waals surface area contributed by atoms with E-state index in [0.29, 0.717) is 15.8 Å². The molecule has 0 saturated heterocycles. The van der Waals surface area contributed by atoms with Crippen molar-refractivity contribution in [3.63, 3.8) is 0 Å². The van der Waals surface area contributed by atoms with E-state index >= 15 is 0 Å². The second-order valence-electron chi connectivity index (χ2n) is 4.90. The fourth-order valence-electron chi connectivity index (χ4n) is 1.68. The van der Waals surface area contributed by atoms with Gasteiger partial charge in [-0.3, -0.25) is 9.59 Å². The predicted octanol–water partition coefficient (Wildman–Crippen LogP) is 3.01. The quantitative estimate of drug-likeness (QED) is 0.554. The highest BCUT2D eigenvalue weighted by Gasteiger charge is 2.08. The molecule has 2 aromatic rings. The summed E-state index contributed by atoms with van der Waals surface area (Å²) in [7, 11) is 0. The molecular weight excluding hydrogens is 385 g/mol. The fraction of sp³-hybridized carbons (Fsp3) is 0.188. The van der Waals surface area contributed by atoms with Crippen LogP contribution in [0.5, 0.6) is 5.75 Å². The number of carbonyl (C=O) groups is 2. The van der Waals surface area contributed by atoms with Gasteiger partial charge in [0, 0.05) is 9.90 Å². The minimum absolute atomic E-state index is 0.211. The van der Waals surface area contributed by atoms with Gasteiger partial charge in [0.05, 0.1) is 17.8 Å². The molecule has 1 aromatic carbocycles. The molecule has 0 atom stereocenters. The summed E-state index contributed by atoms with van der Waals surface area (Å²) in [6, 6.07) is 6.63. The van der Waals surface area contributed by atoms with Crippen molar-refractivity contribution in [2.24, 2.45) is 5.10 Å². The summed E-state index contributed by atoms with van der Waals surface area (Å²) < 4.78 is 5.27. The number of amides is 2. The first kappa shape index (κ1) is 19.2. The first-order valence-corrected chi connectivity index (χ1v) is 8.80. The highest BCUT2D eigenvalue weighted by Crippen LogP contribution is 2.27. The normalized spacial score (nSPS) is 10.7. The Balaban J connectivity index is 1.69. The molecule has 0 spiro atoms. The predicted molar refractivity (Wildman–Crippen MR) is 99.8 cm³/mol. The van der Waals surface area contributed by atoms with Crippen LogP contribution in [0, 0.1) is 6.92 Å². The standard InChI is InChI=1S/C16H15Cl2N3O3S/c1-10-4-5-25-14(10)7-20-21-15(22)8-19-16(23)9-24-13-3-2-11(17)6-12(13)18/h2-7H,8-9H2,1H3,(H,19,23)(H,21,22)/b20-7-. The van der Waals surface area contributed by atoms with E-state index in [0.717, 1.165) is 10.4 Å². The molecule has 25 heavy (non-hydrogen) atoms. The molecule has 2 rings (SSSR count). The monoisotopic (exact) mass is 399 g/mol. The Morgan fingerprint density at radius 2 is 2.08 bits per heavy atom. The maximum Gasteiger partial charge on any atom is 0.259 e. The number of nitrogens with zero attached hydrogens (tertiary/aromatic N) is 1. The number of ether oxygens (including phenoxy) is 1. The fourth-order valence-corrected chi connectivity index (χ4v) is 2.93. The summed E-state index contributed by atoms with van der Waals surface area (Å²) in [4.78, 5) is 24.3. The zero-order valence-electron chi connectivity index (χ0n) is 13.2. The van der Waals surface area contributed by atoms with Crippen LogP contribution < -0.4 is 15.5 Å². The Morgan fingerprint density at radius 1 is 1.28 bits per heavy atom. The molecular formula is C16H15Cl2N3O3S. The number of thiophene rings is 1. The highest BCUT2D eigenvalue weighted by atomic mass is 35.5. The van der Waals surface area contributed by atoms with Crippen molar-refractivity contribution >= 4 is 52.6 Å². The molecule has 0 aliphatic heterocycles. The molecule has 0 aliphatic rings. The van der Waals surface area contributed by atoms with Gasteiger partial charge in [0.1, 0.15) is 5.75 Å². The van der Waals surface area contributed by atoms with Crippen molar-refractivity contribution in [2.45, 2.75) is 6.92 Å². The lowest BCUT2D eigenvalue weighted by atomic mass is 10.3. The van der Waals surface area contributed by atoms with Crippen molar-refractivity contribution in [3.05, 3.63) is 50.1 Å². The van der Waals surface area contributed by atoms with Gasteiger partial charge in [0.2, 0.25) is 0 Å². The van der Waals surface area contributed by atoms with Gasteiger partial charge in [-0.05, 0) is 42.1 Å². The van der Waals surface area contributed by atoms with Crippen molar-refractivity contribution in [3.8, 4) is 5.75 Å². The third-order valence-corrected chi connectivity index (χ3v) is 4.46. The van der Waals surface area contributed by atoms with E-state index < -0.39 is 11.8 Å². The zero-order valence-corrected chi connectivity index (χ0v) is 15.5. The second kappa shape index (κ2) is 9.41. The molecule has 132 valence electrons. The number of rotatable bonds is 7. The molecule has 0 aliphatic carbocycles. The summed E-state index contributed by atoms with van der Waals surface area (Å²) >= 11 is 13.2. The molecule has 1 heterocycles. The maximum absolute atomic E-state index is 11.7. The van der Waals surface area contributed by atoms with Crippen LogP contribution in [-0.2, 0) is 9.59 Å². The van der Waals surface area contributed by atoms with E-state index in [4.69, 9.17) is 27.9 Å². The Hall–Kier alpha value is -2.09. The lowest BCUT2D eigenvalue weighted by molar-refractivity contribution is -0.127. The lowest BCUT2D eigenvalue weighted by Crippen LogP contribution is -2.37. The van der Waals surface area contributed by atoms with Crippen LogP contribution in [-0.4, -0.2) is 31.2 Å². The van der Waals surface area contributed by atoms with Gasteiger partial charge in [-0.25, -0.2) is 5.43 Å². The number of hydrogen-bond donors (Lipinski definition) is 2. The minimum Gasteiger partial charge on any atom is -0.482 e. The topological polar surface area (TPSA) is 79.8 Å². The summed E-state index contributed by atoms with van der Waals surface area (Å²) in [5.74, 6) is -0.566. The number of benzene rings is 1. The first-order chi connectivity index (χ1) is 12.0. The molecule has 2 amide bonds. The average molecular weight is 400 g/mol. The van der Waals surface area contributed by atoms with Gasteiger partial charge >= 0.3 is 0 Å². The molecule has 0 saturated carbocycles.